The molecule has 0 spiro atoms. The van der Waals surface area contributed by atoms with E-state index < -0.39 is 0 Å². The molecular formula is C13H22N. The van der Waals surface area contributed by atoms with Gasteiger partial charge in [-0.15, -0.1) is 0 Å². The molecular weight excluding hydrogens is 170 g/mol. The second-order valence-corrected chi connectivity index (χ2v) is 5.37. The van der Waals surface area contributed by atoms with Crippen LogP contribution in [0.1, 0.15) is 57.8 Å². The Morgan fingerprint density at radius 3 is 1.93 bits per heavy atom. The van der Waals surface area contributed by atoms with Crippen molar-refractivity contribution in [2.45, 2.75) is 75.9 Å². The number of fused-ring (bicyclic) bond motifs is 2. The fraction of sp³-hybridized carbons (Fsp3) is 0.923. The molecule has 0 amide bonds. The molecule has 0 aromatic carbocycles. The first-order chi connectivity index (χ1) is 6.95. The summed E-state index contributed by atoms with van der Waals surface area (Å²) in [7, 11) is 0. The molecule has 1 aliphatic carbocycles. The van der Waals surface area contributed by atoms with Crippen LogP contribution in [0.4, 0.5) is 0 Å². The third kappa shape index (κ3) is 1.50. The molecule has 79 valence electrons. The largest absolute Gasteiger partial charge is 0.294 e. The summed E-state index contributed by atoms with van der Waals surface area (Å²) in [5, 5.41) is 0. The highest BCUT2D eigenvalue weighted by atomic mass is 15.2. The van der Waals surface area contributed by atoms with Crippen molar-refractivity contribution in [2.75, 3.05) is 0 Å². The van der Waals surface area contributed by atoms with Crippen LogP contribution in [0.25, 0.3) is 0 Å². The molecule has 2 bridgehead atoms. The Kier molecular flexibility index (Phi) is 2.53. The normalized spacial score (nSPS) is 40.3. The quantitative estimate of drug-likeness (QED) is 0.617. The van der Waals surface area contributed by atoms with Crippen molar-refractivity contribution in [3.8, 4) is 0 Å². The third-order valence-electron chi connectivity index (χ3n) is 4.56. The van der Waals surface area contributed by atoms with Gasteiger partial charge in [-0.05, 0) is 51.4 Å². The van der Waals surface area contributed by atoms with Crippen LogP contribution in [0, 0.1) is 6.42 Å². The maximum atomic E-state index is 2.93. The second-order valence-electron chi connectivity index (χ2n) is 5.37. The fourth-order valence-electron chi connectivity index (χ4n) is 3.97. The summed E-state index contributed by atoms with van der Waals surface area (Å²) in [5.41, 5.74) is 0. The van der Waals surface area contributed by atoms with Gasteiger partial charge in [-0.2, -0.15) is 0 Å². The van der Waals surface area contributed by atoms with E-state index in [0.29, 0.717) is 0 Å². The Morgan fingerprint density at radius 2 is 1.43 bits per heavy atom. The molecule has 2 aliphatic heterocycles. The molecule has 1 heteroatoms. The monoisotopic (exact) mass is 192 g/mol. The number of hydrogen-bond acceptors (Lipinski definition) is 1. The van der Waals surface area contributed by atoms with Crippen LogP contribution in [-0.4, -0.2) is 23.0 Å². The van der Waals surface area contributed by atoms with Crippen molar-refractivity contribution < 1.29 is 0 Å². The SMILES string of the molecule is [CH]1CCC(N2C3CCCC2CCC3)C1. The van der Waals surface area contributed by atoms with E-state index in [2.05, 4.69) is 11.3 Å². The van der Waals surface area contributed by atoms with Gasteiger partial charge in [0.05, 0.1) is 0 Å². The van der Waals surface area contributed by atoms with Gasteiger partial charge in [0.2, 0.25) is 0 Å². The van der Waals surface area contributed by atoms with Crippen molar-refractivity contribution in [3.05, 3.63) is 6.42 Å². The summed E-state index contributed by atoms with van der Waals surface area (Å²) in [6, 6.07) is 2.88. The molecule has 0 N–H and O–H groups in total. The molecule has 1 atom stereocenters. The van der Waals surface area contributed by atoms with Crippen LogP contribution >= 0.6 is 0 Å². The maximum Gasteiger partial charge on any atom is 0.0104 e. The maximum absolute atomic E-state index is 2.93. The Labute approximate surface area is 87.9 Å². The molecule has 1 saturated carbocycles. The van der Waals surface area contributed by atoms with Gasteiger partial charge in [0, 0.05) is 18.1 Å². The van der Waals surface area contributed by atoms with E-state index in [9.17, 15) is 0 Å². The van der Waals surface area contributed by atoms with Crippen molar-refractivity contribution in [1.29, 1.82) is 0 Å². The van der Waals surface area contributed by atoms with Crippen molar-refractivity contribution in [3.63, 3.8) is 0 Å². The Balaban J connectivity index is 1.75. The highest BCUT2D eigenvalue weighted by Gasteiger charge is 2.38. The zero-order valence-electron chi connectivity index (χ0n) is 9.12. The molecule has 0 aromatic rings. The molecule has 3 aliphatic rings. The van der Waals surface area contributed by atoms with Gasteiger partial charge in [0.25, 0.3) is 0 Å². The van der Waals surface area contributed by atoms with Crippen molar-refractivity contribution in [2.24, 2.45) is 0 Å². The van der Waals surface area contributed by atoms with E-state index in [4.69, 9.17) is 0 Å². The van der Waals surface area contributed by atoms with E-state index in [1.807, 2.05) is 0 Å². The van der Waals surface area contributed by atoms with E-state index in [1.165, 1.54) is 57.8 Å². The molecule has 2 saturated heterocycles. The summed E-state index contributed by atoms with van der Waals surface area (Å²) < 4.78 is 0. The first-order valence-electron chi connectivity index (χ1n) is 6.54. The number of hydrogen-bond donors (Lipinski definition) is 0. The predicted octanol–water partition coefficient (Wildman–Crippen LogP) is 3.15. The van der Waals surface area contributed by atoms with Crippen LogP contribution in [0.2, 0.25) is 0 Å². The lowest BCUT2D eigenvalue weighted by atomic mass is 9.83. The average molecular weight is 192 g/mol. The molecule has 0 aromatic heterocycles. The topological polar surface area (TPSA) is 3.24 Å². The van der Waals surface area contributed by atoms with E-state index in [-0.39, 0.29) is 0 Å². The zero-order chi connectivity index (χ0) is 9.38. The number of rotatable bonds is 1. The van der Waals surface area contributed by atoms with Crippen molar-refractivity contribution >= 4 is 0 Å². The molecule has 14 heavy (non-hydrogen) atoms. The minimum Gasteiger partial charge on any atom is -0.294 e. The lowest BCUT2D eigenvalue weighted by molar-refractivity contribution is 0.00491. The summed E-state index contributed by atoms with van der Waals surface area (Å²) in [5.74, 6) is 0. The Morgan fingerprint density at radius 1 is 0.786 bits per heavy atom. The van der Waals surface area contributed by atoms with Gasteiger partial charge in [0.1, 0.15) is 0 Å². The lowest BCUT2D eigenvalue weighted by Gasteiger charge is -2.49. The standard InChI is InChI=1S/C13H22N/c1-2-6-11(5-1)14-12-7-3-8-13(14)10-4-9-12/h1,11-13H,2-10H2. The van der Waals surface area contributed by atoms with E-state index in [1.54, 1.807) is 0 Å². The average Bonchev–Trinajstić information content (AvgIpc) is 2.69. The van der Waals surface area contributed by atoms with Crippen LogP contribution in [0.3, 0.4) is 0 Å². The van der Waals surface area contributed by atoms with Gasteiger partial charge < -0.3 is 0 Å². The van der Waals surface area contributed by atoms with Gasteiger partial charge in [-0.1, -0.05) is 12.8 Å². The summed E-state index contributed by atoms with van der Waals surface area (Å²) in [4.78, 5) is 2.93. The summed E-state index contributed by atoms with van der Waals surface area (Å²) >= 11 is 0. The van der Waals surface area contributed by atoms with Crippen LogP contribution in [-0.2, 0) is 0 Å². The van der Waals surface area contributed by atoms with E-state index in [0.717, 1.165) is 18.1 Å². The molecule has 1 unspecified atom stereocenters. The Hall–Kier alpha value is -0.0400. The fourth-order valence-corrected chi connectivity index (χ4v) is 3.97. The summed E-state index contributed by atoms with van der Waals surface area (Å²) in [6.07, 6.45) is 15.7. The summed E-state index contributed by atoms with van der Waals surface area (Å²) in [6.45, 7) is 0. The smallest absolute Gasteiger partial charge is 0.0104 e. The highest BCUT2D eigenvalue weighted by molar-refractivity contribution is 4.97. The minimum atomic E-state index is 0.936. The number of nitrogens with zero attached hydrogens (tertiary/aromatic N) is 1. The third-order valence-corrected chi connectivity index (χ3v) is 4.56. The van der Waals surface area contributed by atoms with Gasteiger partial charge >= 0.3 is 0 Å². The lowest BCUT2D eigenvalue weighted by Crippen LogP contribution is -2.53. The first kappa shape index (κ1) is 9.21. The molecule has 3 rings (SSSR count). The van der Waals surface area contributed by atoms with Gasteiger partial charge in [-0.25, -0.2) is 0 Å². The van der Waals surface area contributed by atoms with Crippen LogP contribution in [0.5, 0.6) is 0 Å². The number of piperidine rings is 2. The molecule has 2 heterocycles. The molecule has 1 radical (unpaired) electrons. The highest BCUT2D eigenvalue weighted by Crippen LogP contribution is 2.38. The zero-order valence-corrected chi connectivity index (χ0v) is 9.12. The Bertz CT molecular complexity index is 171. The first-order valence-corrected chi connectivity index (χ1v) is 6.54. The molecule has 3 fully saturated rings. The van der Waals surface area contributed by atoms with E-state index >= 15 is 0 Å². The van der Waals surface area contributed by atoms with Crippen molar-refractivity contribution in [1.82, 2.24) is 4.90 Å². The second kappa shape index (κ2) is 3.84. The van der Waals surface area contributed by atoms with Gasteiger partial charge in [-0.3, -0.25) is 4.90 Å². The minimum absolute atomic E-state index is 0.936. The molecule has 1 nitrogen and oxygen atoms in total. The van der Waals surface area contributed by atoms with Crippen LogP contribution < -0.4 is 0 Å². The van der Waals surface area contributed by atoms with Gasteiger partial charge in [0.15, 0.2) is 0 Å². The van der Waals surface area contributed by atoms with Crippen LogP contribution in [0.15, 0.2) is 0 Å². The predicted molar refractivity (Wildman–Crippen MR) is 59.1 cm³/mol.